The first-order valence-corrected chi connectivity index (χ1v) is 2.97. The van der Waals surface area contributed by atoms with Crippen LogP contribution in [-0.2, 0) is 6.42 Å². The van der Waals surface area contributed by atoms with Crippen molar-refractivity contribution >= 4 is 5.88 Å². The van der Waals surface area contributed by atoms with E-state index in [1.54, 1.807) is 6.07 Å². The summed E-state index contributed by atoms with van der Waals surface area (Å²) in [7, 11) is 0. The topological polar surface area (TPSA) is 56.3 Å². The summed E-state index contributed by atoms with van der Waals surface area (Å²) in [5, 5.41) is 10.0. The normalized spacial score (nSPS) is 9.70. The van der Waals surface area contributed by atoms with Crippen molar-refractivity contribution in [3.05, 3.63) is 28.0 Å². The highest BCUT2D eigenvalue weighted by Gasteiger charge is 2.09. The largest absolute Gasteiger partial charge is 0.433 e. The van der Waals surface area contributed by atoms with Crippen molar-refractivity contribution in [3.8, 4) is 0 Å². The van der Waals surface area contributed by atoms with Crippen molar-refractivity contribution in [1.29, 1.82) is 0 Å². The molecule has 0 N–H and O–H groups in total. The van der Waals surface area contributed by atoms with E-state index in [1.165, 1.54) is 6.07 Å². The Kier molecular flexibility index (Phi) is 1.71. The summed E-state index contributed by atoms with van der Waals surface area (Å²) in [6.45, 7) is 1.88. The number of hydrogen-bond donors (Lipinski definition) is 0. The van der Waals surface area contributed by atoms with Gasteiger partial charge in [-0.15, -0.1) is 0 Å². The van der Waals surface area contributed by atoms with Gasteiger partial charge in [-0.3, -0.25) is 10.1 Å². The molecule has 0 fully saturated rings. The first-order valence-electron chi connectivity index (χ1n) is 2.97. The molecule has 0 aliphatic carbocycles. The average molecular weight is 141 g/mol. The van der Waals surface area contributed by atoms with Crippen molar-refractivity contribution in [2.45, 2.75) is 13.3 Å². The fraction of sp³-hybridized carbons (Fsp3) is 0.333. The van der Waals surface area contributed by atoms with Crippen LogP contribution in [0.5, 0.6) is 0 Å². The van der Waals surface area contributed by atoms with Crippen molar-refractivity contribution in [3.63, 3.8) is 0 Å². The zero-order valence-electron chi connectivity index (χ0n) is 5.53. The minimum Gasteiger partial charge on any atom is -0.406 e. The first-order chi connectivity index (χ1) is 4.74. The summed E-state index contributed by atoms with van der Waals surface area (Å²) in [5.74, 6) is 0.462. The monoisotopic (exact) mass is 141 g/mol. The summed E-state index contributed by atoms with van der Waals surface area (Å²) in [4.78, 5) is 9.50. The van der Waals surface area contributed by atoms with E-state index in [0.717, 1.165) is 0 Å². The van der Waals surface area contributed by atoms with Crippen LogP contribution in [0.4, 0.5) is 5.88 Å². The summed E-state index contributed by atoms with van der Waals surface area (Å²) in [6.07, 6.45) is 0.688. The third-order valence-corrected chi connectivity index (χ3v) is 1.18. The van der Waals surface area contributed by atoms with Crippen LogP contribution in [0.15, 0.2) is 16.5 Å². The number of nitro groups is 1. The van der Waals surface area contributed by atoms with Gasteiger partial charge in [-0.1, -0.05) is 6.92 Å². The van der Waals surface area contributed by atoms with Gasteiger partial charge in [-0.05, 0) is 6.07 Å². The second kappa shape index (κ2) is 2.51. The number of nitrogens with zero attached hydrogens (tertiary/aromatic N) is 1. The Morgan fingerprint density at radius 1 is 1.70 bits per heavy atom. The highest BCUT2D eigenvalue weighted by molar-refractivity contribution is 5.17. The predicted octanol–water partition coefficient (Wildman–Crippen LogP) is 1.75. The van der Waals surface area contributed by atoms with Gasteiger partial charge in [0.15, 0.2) is 0 Å². The molecule has 4 heteroatoms. The van der Waals surface area contributed by atoms with Crippen molar-refractivity contribution in [1.82, 2.24) is 0 Å². The minimum absolute atomic E-state index is 0.183. The smallest absolute Gasteiger partial charge is 0.406 e. The van der Waals surface area contributed by atoms with Gasteiger partial charge in [-0.2, -0.15) is 0 Å². The quantitative estimate of drug-likeness (QED) is 0.465. The fourth-order valence-corrected chi connectivity index (χ4v) is 0.655. The van der Waals surface area contributed by atoms with Gasteiger partial charge in [0, 0.05) is 6.42 Å². The van der Waals surface area contributed by atoms with Gasteiger partial charge in [0.05, 0.1) is 6.07 Å². The van der Waals surface area contributed by atoms with Gasteiger partial charge in [0.2, 0.25) is 0 Å². The molecule has 0 unspecified atom stereocenters. The zero-order chi connectivity index (χ0) is 7.56. The van der Waals surface area contributed by atoms with Gasteiger partial charge in [0.1, 0.15) is 10.7 Å². The van der Waals surface area contributed by atoms with E-state index in [9.17, 15) is 10.1 Å². The van der Waals surface area contributed by atoms with Crippen LogP contribution < -0.4 is 0 Å². The molecule has 0 spiro atoms. The molecule has 0 aliphatic heterocycles. The van der Waals surface area contributed by atoms with E-state index in [-0.39, 0.29) is 5.88 Å². The van der Waals surface area contributed by atoms with Crippen molar-refractivity contribution in [2.75, 3.05) is 0 Å². The minimum atomic E-state index is -0.542. The Morgan fingerprint density at radius 3 is 2.70 bits per heavy atom. The van der Waals surface area contributed by atoms with Crippen LogP contribution in [0.25, 0.3) is 0 Å². The van der Waals surface area contributed by atoms with Gasteiger partial charge < -0.3 is 4.42 Å². The standard InChI is InChI=1S/C6H7NO3/c1-2-5-3-4-6(10-5)7(8)9/h3-4H,2H2,1H3. The Bertz CT molecular complexity index is 241. The predicted molar refractivity (Wildman–Crippen MR) is 34.7 cm³/mol. The molecular formula is C6H7NO3. The maximum Gasteiger partial charge on any atom is 0.433 e. The summed E-state index contributed by atoms with van der Waals surface area (Å²) in [6, 6.07) is 2.97. The third kappa shape index (κ3) is 1.15. The third-order valence-electron chi connectivity index (χ3n) is 1.18. The molecule has 0 saturated carbocycles. The molecule has 1 aromatic heterocycles. The van der Waals surface area contributed by atoms with Crippen LogP contribution in [0.3, 0.4) is 0 Å². The molecule has 10 heavy (non-hydrogen) atoms. The lowest BCUT2D eigenvalue weighted by Gasteiger charge is -1.83. The molecule has 0 radical (unpaired) electrons. The maximum atomic E-state index is 10.0. The average Bonchev–Trinajstić information content (AvgIpc) is 2.34. The molecular weight excluding hydrogens is 134 g/mol. The molecule has 1 aromatic rings. The Morgan fingerprint density at radius 2 is 2.40 bits per heavy atom. The van der Waals surface area contributed by atoms with Crippen LogP contribution in [0.2, 0.25) is 0 Å². The second-order valence-corrected chi connectivity index (χ2v) is 1.85. The Labute approximate surface area is 57.6 Å². The summed E-state index contributed by atoms with van der Waals surface area (Å²) < 4.78 is 4.80. The lowest BCUT2D eigenvalue weighted by Crippen LogP contribution is -1.82. The fourth-order valence-electron chi connectivity index (χ4n) is 0.655. The number of furan rings is 1. The second-order valence-electron chi connectivity index (χ2n) is 1.85. The Balaban J connectivity index is 2.88. The lowest BCUT2D eigenvalue weighted by atomic mass is 10.4. The molecule has 0 bridgehead atoms. The molecule has 4 nitrogen and oxygen atoms in total. The zero-order valence-corrected chi connectivity index (χ0v) is 5.53. The van der Waals surface area contributed by atoms with E-state index in [4.69, 9.17) is 4.42 Å². The highest BCUT2D eigenvalue weighted by Crippen LogP contribution is 2.15. The molecule has 54 valence electrons. The molecule has 0 saturated heterocycles. The molecule has 1 heterocycles. The van der Waals surface area contributed by atoms with E-state index >= 15 is 0 Å². The molecule has 0 aliphatic rings. The summed E-state index contributed by atoms with van der Waals surface area (Å²) >= 11 is 0. The van der Waals surface area contributed by atoms with E-state index in [2.05, 4.69) is 0 Å². The number of aryl methyl sites for hydroxylation is 1. The van der Waals surface area contributed by atoms with Crippen LogP contribution in [0, 0.1) is 10.1 Å². The molecule has 1 rings (SSSR count). The van der Waals surface area contributed by atoms with Crippen LogP contribution >= 0.6 is 0 Å². The first kappa shape index (κ1) is 6.80. The van der Waals surface area contributed by atoms with Gasteiger partial charge in [-0.25, -0.2) is 0 Å². The van der Waals surface area contributed by atoms with E-state index in [1.807, 2.05) is 6.92 Å². The summed E-state index contributed by atoms with van der Waals surface area (Å²) in [5.41, 5.74) is 0. The van der Waals surface area contributed by atoms with Crippen molar-refractivity contribution < 1.29 is 9.34 Å². The van der Waals surface area contributed by atoms with Crippen molar-refractivity contribution in [2.24, 2.45) is 0 Å². The molecule has 0 atom stereocenters. The SMILES string of the molecule is CCc1ccc([N+](=O)[O-])o1. The molecule has 0 amide bonds. The van der Waals surface area contributed by atoms with Crippen LogP contribution in [-0.4, -0.2) is 4.92 Å². The number of rotatable bonds is 2. The van der Waals surface area contributed by atoms with E-state index < -0.39 is 4.92 Å². The lowest BCUT2D eigenvalue weighted by molar-refractivity contribution is -0.402. The van der Waals surface area contributed by atoms with Gasteiger partial charge >= 0.3 is 5.88 Å². The Hall–Kier alpha value is -1.32. The van der Waals surface area contributed by atoms with Crippen LogP contribution in [0.1, 0.15) is 12.7 Å². The maximum absolute atomic E-state index is 10.0. The van der Waals surface area contributed by atoms with Gasteiger partial charge in [0.25, 0.3) is 0 Å². The molecule has 0 aromatic carbocycles. The highest BCUT2D eigenvalue weighted by atomic mass is 16.6. The number of hydrogen-bond acceptors (Lipinski definition) is 3. The van der Waals surface area contributed by atoms with E-state index in [0.29, 0.717) is 12.2 Å².